The summed E-state index contributed by atoms with van der Waals surface area (Å²) in [5.74, 6) is 0.220. The van der Waals surface area contributed by atoms with Crippen LogP contribution in [0.4, 0.5) is 5.69 Å². The van der Waals surface area contributed by atoms with Crippen molar-refractivity contribution in [2.75, 3.05) is 11.8 Å². The fraction of sp³-hybridized carbons (Fsp3) is 0.136. The quantitative estimate of drug-likeness (QED) is 0.556. The van der Waals surface area contributed by atoms with Gasteiger partial charge in [0.2, 0.25) is 0 Å². The molecule has 0 spiro atoms. The van der Waals surface area contributed by atoms with E-state index < -0.39 is 15.9 Å². The largest absolute Gasteiger partial charge is 0.496 e. The second-order valence-electron chi connectivity index (χ2n) is 6.55. The number of amides is 1. The summed E-state index contributed by atoms with van der Waals surface area (Å²) >= 11 is 6.13. The predicted octanol–water partition coefficient (Wildman–Crippen LogP) is 4.64. The van der Waals surface area contributed by atoms with Crippen LogP contribution in [0, 0.1) is 0 Å². The molecule has 3 rings (SSSR count). The number of anilines is 1. The van der Waals surface area contributed by atoms with Crippen LogP contribution in [0.2, 0.25) is 5.02 Å². The molecule has 0 saturated heterocycles. The van der Waals surface area contributed by atoms with Crippen LogP contribution >= 0.6 is 11.6 Å². The number of benzene rings is 3. The Bertz CT molecular complexity index is 1150. The van der Waals surface area contributed by atoms with Gasteiger partial charge in [0, 0.05) is 16.8 Å². The minimum atomic E-state index is -3.97. The van der Waals surface area contributed by atoms with Crippen molar-refractivity contribution in [2.45, 2.75) is 17.9 Å². The average molecular weight is 445 g/mol. The van der Waals surface area contributed by atoms with Crippen LogP contribution < -0.4 is 14.8 Å². The Hall–Kier alpha value is -3.03. The predicted molar refractivity (Wildman–Crippen MR) is 118 cm³/mol. The second kappa shape index (κ2) is 9.19. The number of carbonyl (C=O) groups excluding carboxylic acids is 1. The maximum absolute atomic E-state index is 12.8. The third-order valence-corrected chi connectivity index (χ3v) is 6.32. The van der Waals surface area contributed by atoms with Gasteiger partial charge in [-0.1, -0.05) is 48.0 Å². The van der Waals surface area contributed by atoms with E-state index in [1.807, 2.05) is 25.1 Å². The lowest BCUT2D eigenvalue weighted by molar-refractivity contribution is 0.0939. The minimum absolute atomic E-state index is 0.0211. The topological polar surface area (TPSA) is 84.5 Å². The molecule has 8 heteroatoms. The molecule has 6 nitrogen and oxygen atoms in total. The molecule has 0 saturated carbocycles. The maximum atomic E-state index is 12.8. The van der Waals surface area contributed by atoms with E-state index in [1.165, 1.54) is 18.2 Å². The number of para-hydroxylation sites is 2. The van der Waals surface area contributed by atoms with Crippen LogP contribution in [0.25, 0.3) is 0 Å². The molecule has 0 heterocycles. The lowest BCUT2D eigenvalue weighted by atomic mass is 10.1. The van der Waals surface area contributed by atoms with Crippen molar-refractivity contribution in [3.63, 3.8) is 0 Å². The first-order valence-corrected chi connectivity index (χ1v) is 11.0. The van der Waals surface area contributed by atoms with E-state index in [4.69, 9.17) is 16.3 Å². The van der Waals surface area contributed by atoms with Crippen LogP contribution in [-0.2, 0) is 10.0 Å². The molecule has 1 atom stereocenters. The summed E-state index contributed by atoms with van der Waals surface area (Å²) in [5.41, 5.74) is 1.38. The Morgan fingerprint density at radius 3 is 2.37 bits per heavy atom. The molecule has 0 bridgehead atoms. The van der Waals surface area contributed by atoms with Gasteiger partial charge in [-0.3, -0.25) is 9.52 Å². The summed E-state index contributed by atoms with van der Waals surface area (Å²) in [5, 5.41) is 2.88. The van der Waals surface area contributed by atoms with E-state index in [9.17, 15) is 13.2 Å². The number of ether oxygens (including phenoxy) is 1. The minimum Gasteiger partial charge on any atom is -0.496 e. The van der Waals surface area contributed by atoms with Gasteiger partial charge in [0.15, 0.2) is 0 Å². The summed E-state index contributed by atoms with van der Waals surface area (Å²) in [6, 6.07) is 19.6. The first kappa shape index (κ1) is 21.7. The zero-order valence-electron chi connectivity index (χ0n) is 16.4. The van der Waals surface area contributed by atoms with Crippen LogP contribution in [0.3, 0.4) is 0 Å². The van der Waals surface area contributed by atoms with E-state index in [1.54, 1.807) is 43.5 Å². The Morgan fingerprint density at radius 2 is 1.67 bits per heavy atom. The van der Waals surface area contributed by atoms with E-state index in [0.29, 0.717) is 11.4 Å². The molecule has 30 heavy (non-hydrogen) atoms. The van der Waals surface area contributed by atoms with Gasteiger partial charge in [0.1, 0.15) is 10.6 Å². The summed E-state index contributed by atoms with van der Waals surface area (Å²) in [4.78, 5) is 12.6. The highest BCUT2D eigenvalue weighted by molar-refractivity contribution is 7.92. The summed E-state index contributed by atoms with van der Waals surface area (Å²) < 4.78 is 33.4. The fourth-order valence-corrected chi connectivity index (χ4v) is 4.53. The lowest BCUT2D eigenvalue weighted by Gasteiger charge is -2.18. The van der Waals surface area contributed by atoms with Crippen molar-refractivity contribution in [1.82, 2.24) is 5.32 Å². The molecular weight excluding hydrogens is 424 g/mol. The van der Waals surface area contributed by atoms with Crippen LogP contribution in [0.1, 0.15) is 28.9 Å². The van der Waals surface area contributed by atoms with Gasteiger partial charge in [0.25, 0.3) is 15.9 Å². The van der Waals surface area contributed by atoms with Crippen LogP contribution in [0.15, 0.2) is 77.7 Å². The first-order valence-electron chi connectivity index (χ1n) is 9.13. The van der Waals surface area contributed by atoms with E-state index in [0.717, 1.165) is 5.56 Å². The highest BCUT2D eigenvalue weighted by Crippen LogP contribution is 2.27. The van der Waals surface area contributed by atoms with Gasteiger partial charge in [-0.15, -0.1) is 0 Å². The number of sulfonamides is 1. The summed E-state index contributed by atoms with van der Waals surface area (Å²) in [6.07, 6.45) is 0. The average Bonchev–Trinajstić information content (AvgIpc) is 2.74. The SMILES string of the molecule is COc1ccccc1[C@H](C)NC(=O)c1ccc(Cl)c(S(=O)(=O)Nc2ccccc2)c1. The van der Waals surface area contributed by atoms with Crippen molar-refractivity contribution in [3.05, 3.63) is 88.9 Å². The molecule has 2 N–H and O–H groups in total. The molecule has 0 aliphatic heterocycles. The molecule has 0 radical (unpaired) electrons. The Balaban J connectivity index is 1.84. The fourth-order valence-electron chi connectivity index (χ4n) is 2.95. The molecule has 0 unspecified atom stereocenters. The molecule has 0 aliphatic carbocycles. The lowest BCUT2D eigenvalue weighted by Crippen LogP contribution is -2.27. The second-order valence-corrected chi connectivity index (χ2v) is 8.61. The molecule has 0 fully saturated rings. The molecule has 3 aromatic carbocycles. The molecule has 0 aromatic heterocycles. The van der Waals surface area contributed by atoms with Gasteiger partial charge in [-0.25, -0.2) is 8.42 Å². The van der Waals surface area contributed by atoms with Crippen molar-refractivity contribution in [2.24, 2.45) is 0 Å². The first-order chi connectivity index (χ1) is 14.3. The van der Waals surface area contributed by atoms with Gasteiger partial charge >= 0.3 is 0 Å². The zero-order chi connectivity index (χ0) is 21.7. The van der Waals surface area contributed by atoms with E-state index in [2.05, 4.69) is 10.0 Å². The zero-order valence-corrected chi connectivity index (χ0v) is 18.0. The molecular formula is C22H21ClN2O4S. The number of carbonyl (C=O) groups is 1. The number of methoxy groups -OCH3 is 1. The monoisotopic (exact) mass is 444 g/mol. The summed E-state index contributed by atoms with van der Waals surface area (Å²) in [6.45, 7) is 1.82. The smallest absolute Gasteiger partial charge is 0.263 e. The number of hydrogen-bond acceptors (Lipinski definition) is 4. The molecule has 156 valence electrons. The third-order valence-electron chi connectivity index (χ3n) is 4.46. The van der Waals surface area contributed by atoms with Crippen molar-refractivity contribution in [1.29, 1.82) is 0 Å². The Morgan fingerprint density at radius 1 is 1.00 bits per heavy atom. The Kier molecular flexibility index (Phi) is 6.64. The van der Waals surface area contributed by atoms with E-state index in [-0.39, 0.29) is 21.5 Å². The number of rotatable bonds is 7. The number of hydrogen-bond donors (Lipinski definition) is 2. The number of halogens is 1. The Labute approximate surface area is 180 Å². The van der Waals surface area contributed by atoms with Crippen LogP contribution in [0.5, 0.6) is 5.75 Å². The van der Waals surface area contributed by atoms with E-state index >= 15 is 0 Å². The van der Waals surface area contributed by atoms with Crippen molar-refractivity contribution >= 4 is 33.2 Å². The third kappa shape index (κ3) is 4.93. The summed E-state index contributed by atoms with van der Waals surface area (Å²) in [7, 11) is -2.41. The van der Waals surface area contributed by atoms with Crippen molar-refractivity contribution in [3.8, 4) is 5.75 Å². The van der Waals surface area contributed by atoms with Crippen LogP contribution in [-0.4, -0.2) is 21.4 Å². The normalized spacial score (nSPS) is 12.1. The van der Waals surface area contributed by atoms with Gasteiger partial charge in [-0.05, 0) is 43.3 Å². The van der Waals surface area contributed by atoms with Crippen molar-refractivity contribution < 1.29 is 17.9 Å². The molecule has 1 amide bonds. The number of nitrogens with one attached hydrogen (secondary N) is 2. The molecule has 3 aromatic rings. The van der Waals surface area contributed by atoms with Gasteiger partial charge in [-0.2, -0.15) is 0 Å². The highest BCUT2D eigenvalue weighted by Gasteiger charge is 2.21. The van der Waals surface area contributed by atoms with Gasteiger partial charge in [0.05, 0.1) is 18.2 Å². The highest BCUT2D eigenvalue weighted by atomic mass is 35.5. The van der Waals surface area contributed by atoms with Gasteiger partial charge < -0.3 is 10.1 Å². The maximum Gasteiger partial charge on any atom is 0.263 e. The molecule has 0 aliphatic rings. The standard InChI is InChI=1S/C22H21ClN2O4S/c1-15(18-10-6-7-11-20(18)29-2)24-22(26)16-12-13-19(23)21(14-16)30(27,28)25-17-8-4-3-5-9-17/h3-15,25H,1-2H3,(H,24,26)/t15-/m0/s1.